The van der Waals surface area contributed by atoms with Crippen LogP contribution in [0.4, 0.5) is 0 Å². The molecule has 12 unspecified atom stereocenters. The van der Waals surface area contributed by atoms with Crippen molar-refractivity contribution in [2.45, 2.75) is 182 Å². The summed E-state index contributed by atoms with van der Waals surface area (Å²) in [6.45, 7) is 39.0. The maximum Gasteiger partial charge on any atom is 0.160 e. The van der Waals surface area contributed by atoms with Gasteiger partial charge in [-0.2, -0.15) is 0 Å². The van der Waals surface area contributed by atoms with E-state index in [2.05, 4.69) is 133 Å². The predicted molar refractivity (Wildman–Crippen MR) is 237 cm³/mol. The minimum atomic E-state index is -0.188. The summed E-state index contributed by atoms with van der Waals surface area (Å²) in [6.07, 6.45) is 12.9. The smallest absolute Gasteiger partial charge is 0.160 e. The molecule has 10 nitrogen and oxygen atoms in total. The van der Waals surface area contributed by atoms with E-state index in [1.807, 2.05) is 0 Å². The van der Waals surface area contributed by atoms with Crippen molar-refractivity contribution in [2.75, 3.05) is 13.2 Å². The van der Waals surface area contributed by atoms with E-state index in [1.165, 1.54) is 0 Å². The van der Waals surface area contributed by atoms with Crippen molar-refractivity contribution < 1.29 is 124 Å². The monoisotopic (exact) mass is 1190 g/mol. The molecule has 0 amide bonds. The van der Waals surface area contributed by atoms with Gasteiger partial charge in [-0.05, 0) is 61.2 Å². The summed E-state index contributed by atoms with van der Waals surface area (Å²) in [4.78, 5) is 0. The standard InChI is InChI=1S/2C21H37O4.2C3H5N.CH3.W.2Y/c2*1-7-18-19-13(3)15(5)20(24-18)22-11-9-8-10-17-12(2)14(4)21(25-19)23-16(17)6;2*1-3-4-2;;;;/h2*12-21H,6-11H2,1-5H3;2*4H,1-2H2;1H3;;;/q2*-1;2*-2;-1;;;/t2*12-,13-,14?,15?,16?,17?,18?,19?,20+,21-;;;;;;/m11....../s1. The Morgan fingerprint density at radius 2 is 0.806 bits per heavy atom. The Bertz CT molecular complexity index is 1080. The van der Waals surface area contributed by atoms with Gasteiger partial charge in [0.1, 0.15) is 0 Å². The first-order valence-corrected chi connectivity index (χ1v) is 22.6. The molecule has 0 aromatic carbocycles. The zero-order valence-corrected chi connectivity index (χ0v) is 49.3. The van der Waals surface area contributed by atoms with Gasteiger partial charge in [0.05, 0.1) is 24.4 Å². The van der Waals surface area contributed by atoms with E-state index in [1.54, 1.807) is 0 Å². The van der Waals surface area contributed by atoms with Gasteiger partial charge in [-0.15, -0.1) is 0 Å². The topological polar surface area (TPSA) is 97.9 Å². The van der Waals surface area contributed by atoms with Crippen LogP contribution in [0.25, 0.3) is 0 Å². The molecule has 12 heterocycles. The summed E-state index contributed by atoms with van der Waals surface area (Å²) in [5, 5.41) is 4.64. The second kappa shape index (κ2) is 34.0. The van der Waals surface area contributed by atoms with Crippen molar-refractivity contribution in [1.82, 2.24) is 10.6 Å². The molecule has 0 spiro atoms. The van der Waals surface area contributed by atoms with E-state index in [0.29, 0.717) is 59.2 Å². The van der Waals surface area contributed by atoms with Gasteiger partial charge in [0.15, 0.2) is 25.2 Å². The average Bonchev–Trinajstić information content (AvgIpc) is 3.22. The van der Waals surface area contributed by atoms with E-state index < -0.39 is 0 Å². The fourth-order valence-corrected chi connectivity index (χ4v) is 9.61. The minimum absolute atomic E-state index is 0. The third-order valence-corrected chi connectivity index (χ3v) is 14.4. The average molecular weight is 1190 g/mol. The maximum atomic E-state index is 6.57. The van der Waals surface area contributed by atoms with Crippen LogP contribution in [-0.4, -0.2) is 75.0 Å². The molecule has 0 aromatic rings. The van der Waals surface area contributed by atoms with Crippen LogP contribution < -0.4 is 10.6 Å². The Labute approximate surface area is 446 Å². The molecule has 0 aromatic heterocycles. The Kier molecular flexibility index (Phi) is 36.1. The predicted octanol–water partition coefficient (Wildman–Crippen LogP) is 9.92. The Hall–Kier alpha value is 1.66. The normalized spacial score (nSPS) is 42.7. The number of ether oxygens (including phenoxy) is 8. The molecule has 12 aliphatic rings. The second-order valence-electron chi connectivity index (χ2n) is 17.8. The first-order valence-electron chi connectivity index (χ1n) is 22.6. The summed E-state index contributed by atoms with van der Waals surface area (Å²) in [7, 11) is 6.36. The van der Waals surface area contributed by atoms with Gasteiger partial charge in [-0.25, -0.2) is 0 Å². The minimum Gasteiger partial charge on any atom is -0.713 e. The van der Waals surface area contributed by atoms with Crippen molar-refractivity contribution in [2.24, 2.45) is 59.2 Å². The fourth-order valence-electron chi connectivity index (χ4n) is 9.61. The van der Waals surface area contributed by atoms with Crippen LogP contribution in [0.1, 0.15) is 121 Å². The first kappa shape index (κ1) is 65.7. The van der Waals surface area contributed by atoms with E-state index >= 15 is 0 Å². The van der Waals surface area contributed by atoms with Crippen LogP contribution in [0, 0.1) is 107 Å². The zero-order valence-electron chi connectivity index (χ0n) is 40.7. The molecule has 12 fully saturated rings. The molecule has 2 radical (unpaired) electrons. The van der Waals surface area contributed by atoms with Gasteiger partial charge in [0, 0.05) is 123 Å². The summed E-state index contributed by atoms with van der Waals surface area (Å²) < 4.78 is 50.5. The Morgan fingerprint density at radius 1 is 0.500 bits per heavy atom. The number of nitrogens with one attached hydrogen (secondary N) is 2. The number of hydrogen-bond donors (Lipinski definition) is 2. The van der Waals surface area contributed by atoms with Gasteiger partial charge in [-0.3, -0.25) is 27.3 Å². The van der Waals surface area contributed by atoms with Crippen molar-refractivity contribution in [1.29, 1.82) is 0 Å². The molecule has 360 valence electrons. The number of rotatable bonds is 4. The van der Waals surface area contributed by atoms with Crippen molar-refractivity contribution >= 4 is 0 Å². The van der Waals surface area contributed by atoms with Crippen LogP contribution in [0.3, 0.4) is 0 Å². The zero-order chi connectivity index (χ0) is 43.1. The molecular weight excluding hydrogens is 1110 g/mol. The summed E-state index contributed by atoms with van der Waals surface area (Å²) in [6, 6.07) is 0. The SMILES string of the molecule is C=[C-]N[CH2-].C=[C-]N[CH2-].[CH2-]C1O[C@@H]2OC3C(CC)O[C@H](OCCCCC1[C@H](C)C2C)C(C)[C@H]3C.[CH2-]C1O[C@@H]2OC3C(CC)O[C@H](OCCCCC1[C@H](C)C2C)C(C)[C@H]3C.[CH3-].[W].[Y].[Y]. The van der Waals surface area contributed by atoms with Crippen molar-refractivity contribution in [3.63, 3.8) is 0 Å². The molecule has 12 saturated heterocycles. The molecule has 0 saturated carbocycles. The van der Waals surface area contributed by atoms with Crippen LogP contribution in [-0.2, 0) is 124 Å². The molecule has 0 aliphatic carbocycles. The van der Waals surface area contributed by atoms with Gasteiger partial charge in [-0.1, -0.05) is 107 Å². The molecule has 62 heavy (non-hydrogen) atoms. The fraction of sp³-hybridized carbons (Fsp3) is 0.816. The molecule has 8 bridgehead atoms. The molecule has 12 aliphatic heterocycles. The Morgan fingerprint density at radius 3 is 1.10 bits per heavy atom. The van der Waals surface area contributed by atoms with E-state index in [-0.39, 0.29) is 156 Å². The summed E-state index contributed by atoms with van der Waals surface area (Å²) >= 11 is 0. The van der Waals surface area contributed by atoms with Gasteiger partial charge in [0.25, 0.3) is 0 Å². The quantitative estimate of drug-likeness (QED) is 0.209. The molecule has 13 heteroatoms. The van der Waals surface area contributed by atoms with Crippen LogP contribution in [0.5, 0.6) is 0 Å². The second-order valence-corrected chi connectivity index (χ2v) is 17.8. The summed E-state index contributed by atoms with van der Waals surface area (Å²) in [5.74, 6) is 4.24. The Balaban J connectivity index is 0. The maximum absolute atomic E-state index is 6.57. The first-order chi connectivity index (χ1) is 27.7. The van der Waals surface area contributed by atoms with Gasteiger partial charge >= 0.3 is 0 Å². The summed E-state index contributed by atoms with van der Waals surface area (Å²) in [5.41, 5.74) is 0. The van der Waals surface area contributed by atoms with E-state index in [9.17, 15) is 0 Å². The van der Waals surface area contributed by atoms with Crippen LogP contribution in [0.2, 0.25) is 0 Å². The molecule has 12 rings (SSSR count). The van der Waals surface area contributed by atoms with Gasteiger partial charge < -0.3 is 82.2 Å². The van der Waals surface area contributed by atoms with Crippen molar-refractivity contribution in [3.8, 4) is 0 Å². The van der Waals surface area contributed by atoms with E-state index in [4.69, 9.17) is 37.9 Å². The largest absolute Gasteiger partial charge is 0.713 e. The molecule has 20 atom stereocenters. The molecule has 2 N–H and O–H groups in total. The molecular formula is C49H87N2O8WY2-7. The third kappa shape index (κ3) is 18.2. The van der Waals surface area contributed by atoms with E-state index in [0.717, 1.165) is 64.6 Å². The van der Waals surface area contributed by atoms with Crippen LogP contribution >= 0.6 is 0 Å². The van der Waals surface area contributed by atoms with Crippen molar-refractivity contribution in [3.05, 3.63) is 60.9 Å². The van der Waals surface area contributed by atoms with Gasteiger partial charge in [0.2, 0.25) is 0 Å². The third-order valence-electron chi connectivity index (χ3n) is 14.4. The van der Waals surface area contributed by atoms with Crippen LogP contribution in [0.15, 0.2) is 13.2 Å². The number of hydrogen-bond acceptors (Lipinski definition) is 10.